The number of aromatic nitrogens is 1. The zero-order valence-electron chi connectivity index (χ0n) is 11.7. The molecule has 0 bridgehead atoms. The van der Waals surface area contributed by atoms with E-state index in [1.54, 1.807) is 6.07 Å². The Morgan fingerprint density at radius 2 is 2.26 bits per heavy atom. The number of ether oxygens (including phenoxy) is 1. The number of hydrogen-bond acceptors (Lipinski definition) is 5. The highest BCUT2D eigenvalue weighted by atomic mass is 16.5. The van der Waals surface area contributed by atoms with Crippen molar-refractivity contribution in [2.45, 2.75) is 32.7 Å². The van der Waals surface area contributed by atoms with Crippen LogP contribution in [0.15, 0.2) is 12.3 Å². The molecule has 19 heavy (non-hydrogen) atoms. The summed E-state index contributed by atoms with van der Waals surface area (Å²) in [6, 6.07) is 2.06. The molecule has 0 aromatic carbocycles. The molecule has 2 N–H and O–H groups in total. The largest absolute Gasteiger partial charge is 0.465 e. The van der Waals surface area contributed by atoms with Crippen molar-refractivity contribution in [2.75, 3.05) is 24.3 Å². The first kappa shape index (κ1) is 13.6. The number of carbonyl (C=O) groups is 1. The Bertz CT molecular complexity index is 470. The molecule has 0 atom stereocenters. The van der Waals surface area contributed by atoms with Crippen LogP contribution in [0, 0.1) is 5.92 Å². The first-order valence-corrected chi connectivity index (χ1v) is 6.63. The van der Waals surface area contributed by atoms with Gasteiger partial charge in [-0.2, -0.15) is 0 Å². The molecule has 0 unspecified atom stereocenters. The fraction of sp³-hybridized carbons (Fsp3) is 0.571. The Hall–Kier alpha value is -1.78. The molecule has 2 rings (SSSR count). The van der Waals surface area contributed by atoms with E-state index in [1.807, 2.05) is 0 Å². The van der Waals surface area contributed by atoms with Crippen molar-refractivity contribution in [2.24, 2.45) is 5.92 Å². The van der Waals surface area contributed by atoms with E-state index >= 15 is 0 Å². The molecular formula is C14H21N3O2. The van der Waals surface area contributed by atoms with E-state index in [2.05, 4.69) is 23.7 Å². The fourth-order valence-electron chi connectivity index (χ4n) is 2.05. The van der Waals surface area contributed by atoms with Crippen LogP contribution >= 0.6 is 0 Å². The molecule has 5 heteroatoms. The van der Waals surface area contributed by atoms with E-state index < -0.39 is 5.97 Å². The number of rotatable bonds is 5. The third-order valence-electron chi connectivity index (χ3n) is 3.40. The van der Waals surface area contributed by atoms with Crippen LogP contribution in [0.1, 0.15) is 37.0 Å². The van der Waals surface area contributed by atoms with Gasteiger partial charge in [-0.05, 0) is 38.7 Å². The van der Waals surface area contributed by atoms with Gasteiger partial charge in [-0.25, -0.2) is 9.78 Å². The predicted molar refractivity (Wildman–Crippen MR) is 75.2 cm³/mol. The minimum atomic E-state index is -0.420. The van der Waals surface area contributed by atoms with Crippen molar-refractivity contribution in [3.05, 3.63) is 17.8 Å². The molecule has 0 saturated heterocycles. The normalized spacial score (nSPS) is 14.5. The van der Waals surface area contributed by atoms with Crippen LogP contribution in [0.25, 0.3) is 0 Å². The summed E-state index contributed by atoms with van der Waals surface area (Å²) in [6.45, 7) is 5.23. The van der Waals surface area contributed by atoms with E-state index in [0.717, 1.165) is 18.3 Å². The number of nitrogen functional groups attached to an aromatic ring is 1. The van der Waals surface area contributed by atoms with Gasteiger partial charge in [0, 0.05) is 12.6 Å². The maximum Gasteiger partial charge on any atom is 0.340 e. The summed E-state index contributed by atoms with van der Waals surface area (Å²) in [5.74, 6) is 1.12. The zero-order chi connectivity index (χ0) is 14.0. The van der Waals surface area contributed by atoms with Crippen molar-refractivity contribution >= 4 is 17.5 Å². The van der Waals surface area contributed by atoms with Crippen molar-refractivity contribution < 1.29 is 9.53 Å². The van der Waals surface area contributed by atoms with Gasteiger partial charge in [0.1, 0.15) is 5.82 Å². The van der Waals surface area contributed by atoms with Gasteiger partial charge in [0.25, 0.3) is 0 Å². The molecule has 0 amide bonds. The molecule has 104 valence electrons. The highest BCUT2D eigenvalue weighted by Crippen LogP contribution is 2.32. The summed E-state index contributed by atoms with van der Waals surface area (Å²) in [7, 11) is 1.35. The van der Waals surface area contributed by atoms with Gasteiger partial charge < -0.3 is 15.4 Å². The average Bonchev–Trinajstić information content (AvgIpc) is 3.19. The number of esters is 1. The van der Waals surface area contributed by atoms with Gasteiger partial charge in [-0.3, -0.25) is 0 Å². The van der Waals surface area contributed by atoms with E-state index in [0.29, 0.717) is 17.3 Å². The molecule has 1 aliphatic rings. The minimum Gasteiger partial charge on any atom is -0.465 e. The smallest absolute Gasteiger partial charge is 0.340 e. The number of hydrogen-bond donors (Lipinski definition) is 1. The SMILES string of the molecule is COC(=O)c1cc(N(CC2CC2)C(C)C)ncc1N. The third-order valence-corrected chi connectivity index (χ3v) is 3.40. The molecule has 1 aromatic heterocycles. The molecule has 1 aliphatic carbocycles. The lowest BCUT2D eigenvalue weighted by Gasteiger charge is -2.28. The summed E-state index contributed by atoms with van der Waals surface area (Å²) in [4.78, 5) is 18.2. The summed E-state index contributed by atoms with van der Waals surface area (Å²) in [5, 5.41) is 0. The van der Waals surface area contributed by atoms with Crippen LogP contribution in [0.3, 0.4) is 0 Å². The Morgan fingerprint density at radius 1 is 1.58 bits per heavy atom. The Labute approximate surface area is 113 Å². The summed E-state index contributed by atoms with van der Waals surface area (Å²) < 4.78 is 4.74. The van der Waals surface area contributed by atoms with Crippen LogP contribution < -0.4 is 10.6 Å². The van der Waals surface area contributed by atoms with Gasteiger partial charge >= 0.3 is 5.97 Å². The second-order valence-corrected chi connectivity index (χ2v) is 5.31. The number of carbonyl (C=O) groups excluding carboxylic acids is 1. The minimum absolute atomic E-state index is 0.335. The number of nitrogens with zero attached hydrogens (tertiary/aromatic N) is 2. The van der Waals surface area contributed by atoms with Crippen molar-refractivity contribution in [3.8, 4) is 0 Å². The summed E-state index contributed by atoms with van der Waals surface area (Å²) in [5.41, 5.74) is 6.51. The highest BCUT2D eigenvalue weighted by Gasteiger charge is 2.27. The van der Waals surface area contributed by atoms with Gasteiger partial charge in [-0.1, -0.05) is 0 Å². The number of nitrogens with two attached hydrogens (primary N) is 1. The zero-order valence-corrected chi connectivity index (χ0v) is 11.7. The molecule has 1 heterocycles. The lowest BCUT2D eigenvalue weighted by atomic mass is 10.2. The quantitative estimate of drug-likeness (QED) is 0.824. The number of methoxy groups -OCH3 is 1. The number of pyridine rings is 1. The monoisotopic (exact) mass is 263 g/mol. The van der Waals surface area contributed by atoms with Crippen LogP contribution in [0.4, 0.5) is 11.5 Å². The van der Waals surface area contributed by atoms with E-state index in [1.165, 1.54) is 26.1 Å². The lowest BCUT2D eigenvalue weighted by molar-refractivity contribution is 0.0602. The number of anilines is 2. The maximum atomic E-state index is 11.7. The van der Waals surface area contributed by atoms with Gasteiger partial charge in [-0.15, -0.1) is 0 Å². The highest BCUT2D eigenvalue weighted by molar-refractivity contribution is 5.95. The Morgan fingerprint density at radius 3 is 2.79 bits per heavy atom. The molecule has 0 spiro atoms. The van der Waals surface area contributed by atoms with E-state index in [-0.39, 0.29) is 0 Å². The Kier molecular flexibility index (Phi) is 3.93. The molecule has 0 aliphatic heterocycles. The van der Waals surface area contributed by atoms with Crippen LogP contribution in [0.2, 0.25) is 0 Å². The summed E-state index contributed by atoms with van der Waals surface area (Å²) >= 11 is 0. The second-order valence-electron chi connectivity index (χ2n) is 5.31. The maximum absolute atomic E-state index is 11.7. The second kappa shape index (κ2) is 5.47. The molecule has 1 fully saturated rings. The van der Waals surface area contributed by atoms with Gasteiger partial charge in [0.2, 0.25) is 0 Å². The van der Waals surface area contributed by atoms with Crippen LogP contribution in [-0.2, 0) is 4.74 Å². The van der Waals surface area contributed by atoms with E-state index in [4.69, 9.17) is 10.5 Å². The first-order valence-electron chi connectivity index (χ1n) is 6.63. The van der Waals surface area contributed by atoms with E-state index in [9.17, 15) is 4.79 Å². The van der Waals surface area contributed by atoms with Crippen molar-refractivity contribution in [3.63, 3.8) is 0 Å². The topological polar surface area (TPSA) is 68.5 Å². The summed E-state index contributed by atoms with van der Waals surface area (Å²) in [6.07, 6.45) is 4.09. The first-order chi connectivity index (χ1) is 9.02. The molecule has 5 nitrogen and oxygen atoms in total. The average molecular weight is 263 g/mol. The lowest BCUT2D eigenvalue weighted by Crippen LogP contribution is -2.33. The van der Waals surface area contributed by atoms with Crippen LogP contribution in [0.5, 0.6) is 0 Å². The van der Waals surface area contributed by atoms with Crippen molar-refractivity contribution in [1.82, 2.24) is 4.98 Å². The molecular weight excluding hydrogens is 242 g/mol. The van der Waals surface area contributed by atoms with Gasteiger partial charge in [0.15, 0.2) is 0 Å². The Balaban J connectivity index is 2.28. The van der Waals surface area contributed by atoms with Crippen LogP contribution in [-0.4, -0.2) is 30.6 Å². The van der Waals surface area contributed by atoms with Gasteiger partial charge in [0.05, 0.1) is 24.6 Å². The molecule has 0 radical (unpaired) electrons. The molecule has 1 saturated carbocycles. The fourth-order valence-corrected chi connectivity index (χ4v) is 2.05. The van der Waals surface area contributed by atoms with Crippen molar-refractivity contribution in [1.29, 1.82) is 0 Å². The molecule has 1 aromatic rings. The predicted octanol–water partition coefficient (Wildman–Crippen LogP) is 2.08. The third kappa shape index (κ3) is 3.16. The standard InChI is InChI=1S/C14H21N3O2/c1-9(2)17(8-10-4-5-10)13-6-11(14(18)19-3)12(15)7-16-13/h6-7,9-10H,4-5,8,15H2,1-3H3.